The average molecular weight is 623 g/mol. The van der Waals surface area contributed by atoms with E-state index in [4.69, 9.17) is 26.8 Å². The normalized spacial score (nSPS) is 23.4. The lowest BCUT2D eigenvalue weighted by molar-refractivity contribution is -0.180. The van der Waals surface area contributed by atoms with Gasteiger partial charge >= 0.3 is 5.97 Å². The maximum absolute atomic E-state index is 12.9. The molecule has 2 aromatic carbocycles. The summed E-state index contributed by atoms with van der Waals surface area (Å²) in [5.41, 5.74) is 7.03. The van der Waals surface area contributed by atoms with Gasteiger partial charge in [0.05, 0.1) is 24.1 Å². The minimum atomic E-state index is -1.91. The summed E-state index contributed by atoms with van der Waals surface area (Å²) in [6.45, 7) is 0.992. The molecule has 5 aromatic rings. The zero-order valence-electron chi connectivity index (χ0n) is 22.7. The lowest BCUT2D eigenvalue weighted by Gasteiger charge is -2.32. The van der Waals surface area contributed by atoms with Gasteiger partial charge < -0.3 is 30.5 Å². The first-order valence-corrected chi connectivity index (χ1v) is 14.5. The number of hydrogen-bond acceptors (Lipinski definition) is 11. The van der Waals surface area contributed by atoms with E-state index in [0.717, 1.165) is 11.1 Å². The Morgan fingerprint density at radius 2 is 1.88 bits per heavy atom. The van der Waals surface area contributed by atoms with E-state index in [-0.39, 0.29) is 34.4 Å². The van der Waals surface area contributed by atoms with E-state index in [0.29, 0.717) is 5.56 Å². The van der Waals surface area contributed by atoms with Gasteiger partial charge in [-0.2, -0.15) is 9.97 Å². The quantitative estimate of drug-likeness (QED) is 0.177. The van der Waals surface area contributed by atoms with Crippen molar-refractivity contribution in [2.24, 2.45) is 0 Å². The molecule has 0 saturated carbocycles. The van der Waals surface area contributed by atoms with Crippen LogP contribution in [-0.2, 0) is 26.3 Å². The summed E-state index contributed by atoms with van der Waals surface area (Å²) in [6, 6.07) is 17.4. The SMILES string of the molecule is C[C@@]1(O)[C@@H](CO[C@@](Cc2ccc(-c3ccccc3)cc2)(C(=O)O)c2cscn2)O[C@@H](n2cnc3c(N)nc(Cl)nc32)[C@@H]1O. The van der Waals surface area contributed by atoms with Crippen LogP contribution in [0.15, 0.2) is 71.8 Å². The van der Waals surface area contributed by atoms with Crippen LogP contribution in [0.4, 0.5) is 5.82 Å². The molecule has 5 N–H and O–H groups in total. The number of fused-ring (bicyclic) bond motifs is 1. The van der Waals surface area contributed by atoms with Crippen LogP contribution in [0.3, 0.4) is 0 Å². The third kappa shape index (κ3) is 5.24. The molecule has 0 amide bonds. The highest BCUT2D eigenvalue weighted by molar-refractivity contribution is 7.07. The first-order valence-electron chi connectivity index (χ1n) is 13.2. The average Bonchev–Trinajstić information content (AvgIpc) is 3.72. The Labute approximate surface area is 254 Å². The van der Waals surface area contributed by atoms with Gasteiger partial charge in [0, 0.05) is 11.8 Å². The zero-order chi connectivity index (χ0) is 30.4. The number of imidazole rings is 1. The molecular formula is C29H27ClN6O6S. The number of hydrogen-bond donors (Lipinski definition) is 4. The Kier molecular flexibility index (Phi) is 7.62. The molecule has 0 bridgehead atoms. The molecule has 5 atom stereocenters. The molecule has 222 valence electrons. The number of benzene rings is 2. The van der Waals surface area contributed by atoms with Crippen molar-refractivity contribution in [3.8, 4) is 11.1 Å². The first kappa shape index (κ1) is 29.1. The topological polar surface area (TPSA) is 179 Å². The highest BCUT2D eigenvalue weighted by atomic mass is 35.5. The van der Waals surface area contributed by atoms with Gasteiger partial charge in [0.2, 0.25) is 10.9 Å². The molecule has 0 unspecified atom stereocenters. The number of ether oxygens (including phenoxy) is 2. The molecule has 0 aliphatic carbocycles. The molecular weight excluding hydrogens is 596 g/mol. The van der Waals surface area contributed by atoms with Crippen molar-refractivity contribution in [3.05, 3.63) is 88.4 Å². The number of nitrogen functional groups attached to an aromatic ring is 1. The number of aliphatic carboxylic acids is 1. The van der Waals surface area contributed by atoms with Crippen molar-refractivity contribution < 1.29 is 29.6 Å². The Morgan fingerprint density at radius 1 is 1.16 bits per heavy atom. The van der Waals surface area contributed by atoms with Crippen molar-refractivity contribution in [2.45, 2.75) is 43.0 Å². The number of halogens is 1. The van der Waals surface area contributed by atoms with Crippen LogP contribution in [-0.4, -0.2) is 70.2 Å². The van der Waals surface area contributed by atoms with Gasteiger partial charge in [0.25, 0.3) is 0 Å². The molecule has 3 aromatic heterocycles. The van der Waals surface area contributed by atoms with Crippen molar-refractivity contribution >= 4 is 45.9 Å². The van der Waals surface area contributed by atoms with Gasteiger partial charge in [0.1, 0.15) is 23.3 Å². The van der Waals surface area contributed by atoms with Crippen LogP contribution in [0.25, 0.3) is 22.3 Å². The van der Waals surface area contributed by atoms with Gasteiger partial charge in [0.15, 0.2) is 17.7 Å². The number of aliphatic hydroxyl groups is 2. The van der Waals surface area contributed by atoms with Crippen LogP contribution < -0.4 is 5.73 Å². The van der Waals surface area contributed by atoms with E-state index in [9.17, 15) is 20.1 Å². The molecule has 12 nitrogen and oxygen atoms in total. The summed E-state index contributed by atoms with van der Waals surface area (Å²) >= 11 is 7.22. The smallest absolute Gasteiger partial charge is 0.342 e. The van der Waals surface area contributed by atoms with E-state index >= 15 is 0 Å². The molecule has 1 aliphatic heterocycles. The van der Waals surface area contributed by atoms with Crippen LogP contribution in [0.1, 0.15) is 24.4 Å². The second-order valence-electron chi connectivity index (χ2n) is 10.4. The van der Waals surface area contributed by atoms with Crippen LogP contribution in [0.5, 0.6) is 0 Å². The van der Waals surface area contributed by atoms with Crippen LogP contribution in [0.2, 0.25) is 5.28 Å². The van der Waals surface area contributed by atoms with E-state index in [1.165, 1.54) is 34.7 Å². The summed E-state index contributed by atoms with van der Waals surface area (Å²) in [7, 11) is 0. The van der Waals surface area contributed by atoms with Gasteiger partial charge in [-0.1, -0.05) is 54.6 Å². The van der Waals surface area contributed by atoms with E-state index in [1.54, 1.807) is 5.38 Å². The lowest BCUT2D eigenvalue weighted by Crippen LogP contribution is -2.49. The highest BCUT2D eigenvalue weighted by Crippen LogP contribution is 2.40. The summed E-state index contributed by atoms with van der Waals surface area (Å²) in [4.78, 5) is 29.4. The number of carboxylic acid groups (broad SMARTS) is 1. The largest absolute Gasteiger partial charge is 0.479 e. The number of anilines is 1. The highest BCUT2D eigenvalue weighted by Gasteiger charge is 2.55. The number of aromatic nitrogens is 5. The van der Waals surface area contributed by atoms with Crippen LogP contribution >= 0.6 is 22.9 Å². The zero-order valence-corrected chi connectivity index (χ0v) is 24.3. The molecule has 1 fully saturated rings. The van der Waals surface area contributed by atoms with Crippen LogP contribution in [0, 0.1) is 0 Å². The monoisotopic (exact) mass is 622 g/mol. The predicted molar refractivity (Wildman–Crippen MR) is 158 cm³/mol. The van der Waals surface area contributed by atoms with Crippen molar-refractivity contribution in [1.29, 1.82) is 0 Å². The molecule has 6 rings (SSSR count). The predicted octanol–water partition coefficient (Wildman–Crippen LogP) is 3.43. The van der Waals surface area contributed by atoms with E-state index in [1.807, 2.05) is 54.6 Å². The fraction of sp³-hybridized carbons (Fsp3) is 0.276. The molecule has 1 saturated heterocycles. The fourth-order valence-electron chi connectivity index (χ4n) is 5.21. The van der Waals surface area contributed by atoms with Gasteiger partial charge in [-0.3, -0.25) is 4.57 Å². The number of carboxylic acids is 1. The molecule has 43 heavy (non-hydrogen) atoms. The second kappa shape index (κ2) is 11.3. The third-order valence-electron chi connectivity index (χ3n) is 7.71. The summed E-state index contributed by atoms with van der Waals surface area (Å²) in [6.07, 6.45) is -2.50. The molecule has 0 spiro atoms. The summed E-state index contributed by atoms with van der Waals surface area (Å²) in [5.74, 6) is -1.22. The number of carbonyl (C=O) groups is 1. The lowest BCUT2D eigenvalue weighted by atomic mass is 9.90. The van der Waals surface area contributed by atoms with E-state index < -0.39 is 42.2 Å². The maximum atomic E-state index is 12.9. The van der Waals surface area contributed by atoms with E-state index in [2.05, 4.69) is 19.9 Å². The summed E-state index contributed by atoms with van der Waals surface area (Å²) < 4.78 is 13.6. The van der Waals surface area contributed by atoms with Gasteiger partial charge in [-0.15, -0.1) is 11.3 Å². The molecule has 0 radical (unpaired) electrons. The number of rotatable bonds is 9. The van der Waals surface area contributed by atoms with Gasteiger partial charge in [-0.05, 0) is 35.2 Å². The van der Waals surface area contributed by atoms with Gasteiger partial charge in [-0.25, -0.2) is 14.8 Å². The third-order valence-corrected chi connectivity index (χ3v) is 8.46. The minimum Gasteiger partial charge on any atom is -0.479 e. The molecule has 4 heterocycles. The number of thiazole rings is 1. The molecule has 1 aliphatic rings. The number of aliphatic hydroxyl groups excluding tert-OH is 1. The summed E-state index contributed by atoms with van der Waals surface area (Å²) in [5, 5.41) is 34.5. The number of nitrogens with two attached hydrogens (primary N) is 1. The second-order valence-corrected chi connectivity index (χ2v) is 11.5. The Hall–Kier alpha value is -3.98. The number of nitrogens with zero attached hydrogens (tertiary/aromatic N) is 5. The fourth-order valence-corrected chi connectivity index (χ4v) is 5.99. The maximum Gasteiger partial charge on any atom is 0.342 e. The Morgan fingerprint density at radius 3 is 2.56 bits per heavy atom. The Balaban J connectivity index is 1.28. The molecule has 14 heteroatoms. The van der Waals surface area contributed by atoms with Crippen molar-refractivity contribution in [1.82, 2.24) is 24.5 Å². The first-order chi connectivity index (χ1) is 20.6. The standard InChI is InChI=1S/C29H27ClN6O6S/c1-28(40)20(42-25(22(28)37)36-14-32-21-23(31)34-27(30)35-24(21)36)12-41-29(26(38)39,19-13-43-15-33-19)11-16-7-9-18(10-8-16)17-5-3-2-4-6-17/h2-10,13-15,20,22,25,37,40H,11-12H2,1H3,(H,38,39)(H2,31,34,35)/t20-,22+,25-,28-,29-/m1/s1. The van der Waals surface area contributed by atoms with Crippen molar-refractivity contribution in [2.75, 3.05) is 12.3 Å². The van der Waals surface area contributed by atoms with Crippen molar-refractivity contribution in [3.63, 3.8) is 0 Å². The minimum absolute atomic E-state index is 0.0409. The Bertz CT molecular complexity index is 1750.